The van der Waals surface area contributed by atoms with Crippen LogP contribution in [0.3, 0.4) is 0 Å². The van der Waals surface area contributed by atoms with Gasteiger partial charge in [-0.05, 0) is 29.8 Å². The lowest BCUT2D eigenvalue weighted by molar-refractivity contribution is -0.119. The summed E-state index contributed by atoms with van der Waals surface area (Å²) in [5.41, 5.74) is 8.42. The van der Waals surface area contributed by atoms with Gasteiger partial charge in [-0.15, -0.1) is 11.8 Å². The minimum atomic E-state index is -0.0208. The maximum Gasteiger partial charge on any atom is 0.231 e. The van der Waals surface area contributed by atoms with Crippen LogP contribution < -0.4 is 20.9 Å². The number of nitrogens with one attached hydrogen (secondary N) is 3. The molecule has 25 heavy (non-hydrogen) atoms. The summed E-state index contributed by atoms with van der Waals surface area (Å²) in [6.07, 6.45) is 1.74. The highest BCUT2D eigenvalue weighted by molar-refractivity contribution is 8.00. The van der Waals surface area contributed by atoms with Gasteiger partial charge in [0, 0.05) is 23.9 Å². The molecule has 2 aliphatic heterocycles. The number of aromatic nitrogens is 1. The SMILES string of the molecule is O=C1CSC(c2ccc(OCc3ccccn3)cc2)C2CNNC2N1. The summed E-state index contributed by atoms with van der Waals surface area (Å²) < 4.78 is 5.80. The van der Waals surface area contributed by atoms with Crippen LogP contribution in [0.25, 0.3) is 0 Å². The predicted molar refractivity (Wildman–Crippen MR) is 96.8 cm³/mol. The number of rotatable bonds is 4. The van der Waals surface area contributed by atoms with Crippen molar-refractivity contribution in [1.29, 1.82) is 0 Å². The van der Waals surface area contributed by atoms with Gasteiger partial charge in [0.05, 0.1) is 17.6 Å². The molecule has 3 unspecified atom stereocenters. The van der Waals surface area contributed by atoms with Gasteiger partial charge in [-0.25, -0.2) is 5.43 Å². The molecule has 1 aromatic heterocycles. The van der Waals surface area contributed by atoms with Crippen molar-refractivity contribution in [3.8, 4) is 5.75 Å². The molecular formula is C18H20N4O2S. The number of carbonyl (C=O) groups is 1. The Bertz CT molecular complexity index is 726. The van der Waals surface area contributed by atoms with Gasteiger partial charge in [-0.3, -0.25) is 15.2 Å². The summed E-state index contributed by atoms with van der Waals surface area (Å²) in [4.78, 5) is 16.1. The number of hydrazine groups is 1. The van der Waals surface area contributed by atoms with E-state index in [-0.39, 0.29) is 17.3 Å². The predicted octanol–water partition coefficient (Wildman–Crippen LogP) is 1.61. The van der Waals surface area contributed by atoms with Crippen LogP contribution in [0, 0.1) is 5.92 Å². The van der Waals surface area contributed by atoms with Gasteiger partial charge in [0.25, 0.3) is 0 Å². The first-order valence-corrected chi connectivity index (χ1v) is 9.36. The van der Waals surface area contributed by atoms with Crippen LogP contribution >= 0.6 is 11.8 Å². The average molecular weight is 356 g/mol. The number of thioether (sulfide) groups is 1. The van der Waals surface area contributed by atoms with Gasteiger partial charge in [-0.2, -0.15) is 0 Å². The Morgan fingerprint density at radius 3 is 2.88 bits per heavy atom. The molecule has 2 aliphatic rings. The normalized spacial score (nSPS) is 25.8. The quantitative estimate of drug-likeness (QED) is 0.773. The third-order valence-corrected chi connectivity index (χ3v) is 5.85. The highest BCUT2D eigenvalue weighted by atomic mass is 32.2. The molecule has 0 bridgehead atoms. The third kappa shape index (κ3) is 3.78. The van der Waals surface area contributed by atoms with E-state index in [4.69, 9.17) is 4.74 Å². The van der Waals surface area contributed by atoms with Gasteiger partial charge >= 0.3 is 0 Å². The first-order valence-electron chi connectivity index (χ1n) is 8.31. The lowest BCUT2D eigenvalue weighted by Gasteiger charge is -2.24. The molecule has 3 heterocycles. The molecule has 3 N–H and O–H groups in total. The van der Waals surface area contributed by atoms with Gasteiger partial charge in [0.1, 0.15) is 12.4 Å². The van der Waals surface area contributed by atoms with Crippen LogP contribution in [0.15, 0.2) is 48.7 Å². The van der Waals surface area contributed by atoms with Crippen LogP contribution in [-0.4, -0.2) is 29.4 Å². The van der Waals surface area contributed by atoms with E-state index in [1.165, 1.54) is 5.56 Å². The Morgan fingerprint density at radius 2 is 2.08 bits per heavy atom. The van der Waals surface area contributed by atoms with E-state index in [2.05, 4.69) is 33.3 Å². The second-order valence-electron chi connectivity index (χ2n) is 6.14. The first kappa shape index (κ1) is 16.4. The minimum absolute atomic E-state index is 0.0208. The lowest BCUT2D eigenvalue weighted by Crippen LogP contribution is -2.46. The topological polar surface area (TPSA) is 75.3 Å². The standard InChI is InChI=1S/C18H20N4O2S/c23-16-11-25-17(15-9-20-22-18(15)21-16)12-4-6-14(7-5-12)24-10-13-3-1-2-8-19-13/h1-8,15,17-18,20,22H,9-11H2,(H,21,23). The largest absolute Gasteiger partial charge is 0.487 e. The van der Waals surface area contributed by atoms with Crippen LogP contribution in [0.4, 0.5) is 0 Å². The van der Waals surface area contributed by atoms with Crippen LogP contribution in [-0.2, 0) is 11.4 Å². The zero-order valence-corrected chi connectivity index (χ0v) is 14.5. The monoisotopic (exact) mass is 356 g/mol. The number of benzene rings is 1. The molecule has 3 atom stereocenters. The molecule has 2 aromatic rings. The van der Waals surface area contributed by atoms with Crippen molar-refractivity contribution >= 4 is 17.7 Å². The molecule has 0 spiro atoms. The number of carbonyl (C=O) groups excluding carboxylic acids is 1. The zero-order chi connectivity index (χ0) is 17.1. The summed E-state index contributed by atoms with van der Waals surface area (Å²) >= 11 is 1.69. The van der Waals surface area contributed by atoms with E-state index >= 15 is 0 Å². The molecule has 130 valence electrons. The summed E-state index contributed by atoms with van der Waals surface area (Å²) in [6, 6.07) is 14.0. The summed E-state index contributed by atoms with van der Waals surface area (Å²) in [6.45, 7) is 1.29. The van der Waals surface area contributed by atoms with Crippen molar-refractivity contribution in [1.82, 2.24) is 21.2 Å². The molecule has 2 saturated heterocycles. The van der Waals surface area contributed by atoms with Crippen molar-refractivity contribution in [2.24, 2.45) is 5.92 Å². The van der Waals surface area contributed by atoms with Gasteiger partial charge in [0.15, 0.2) is 0 Å². The Kier molecular flexibility index (Phi) is 4.87. The van der Waals surface area contributed by atoms with Crippen LogP contribution in [0.5, 0.6) is 5.75 Å². The number of ether oxygens (including phenoxy) is 1. The fourth-order valence-corrected chi connectivity index (χ4v) is 4.44. The molecule has 6 nitrogen and oxygen atoms in total. The number of fused-ring (bicyclic) bond motifs is 1. The minimum Gasteiger partial charge on any atom is -0.487 e. The summed E-state index contributed by atoms with van der Waals surface area (Å²) in [5, 5.41) is 3.29. The Morgan fingerprint density at radius 1 is 1.20 bits per heavy atom. The fraction of sp³-hybridized carbons (Fsp3) is 0.333. The fourth-order valence-electron chi connectivity index (χ4n) is 3.18. The van der Waals surface area contributed by atoms with E-state index in [1.54, 1.807) is 18.0 Å². The van der Waals surface area contributed by atoms with E-state index in [0.717, 1.165) is 18.0 Å². The molecular weight excluding hydrogens is 336 g/mol. The average Bonchev–Trinajstić information content (AvgIpc) is 3.03. The van der Waals surface area contributed by atoms with Crippen molar-refractivity contribution < 1.29 is 9.53 Å². The second-order valence-corrected chi connectivity index (χ2v) is 7.27. The number of hydrogen-bond donors (Lipinski definition) is 3. The van der Waals surface area contributed by atoms with E-state index in [1.807, 2.05) is 30.3 Å². The van der Waals surface area contributed by atoms with Gasteiger partial charge in [0.2, 0.25) is 5.91 Å². The number of pyridine rings is 1. The molecule has 0 aliphatic carbocycles. The Hall–Kier alpha value is -2.09. The van der Waals surface area contributed by atoms with Crippen LogP contribution in [0.1, 0.15) is 16.5 Å². The molecule has 1 aromatic carbocycles. The highest BCUT2D eigenvalue weighted by Crippen LogP contribution is 2.40. The number of nitrogens with zero attached hydrogens (tertiary/aromatic N) is 1. The van der Waals surface area contributed by atoms with Crippen molar-refractivity contribution in [2.45, 2.75) is 18.0 Å². The van der Waals surface area contributed by atoms with Gasteiger partial charge in [-0.1, -0.05) is 18.2 Å². The molecule has 0 radical (unpaired) electrons. The maximum absolute atomic E-state index is 11.9. The number of amides is 1. The Balaban J connectivity index is 1.45. The zero-order valence-electron chi connectivity index (χ0n) is 13.6. The highest BCUT2D eigenvalue weighted by Gasteiger charge is 2.38. The third-order valence-electron chi connectivity index (χ3n) is 4.44. The van der Waals surface area contributed by atoms with Crippen LogP contribution in [0.2, 0.25) is 0 Å². The van der Waals surface area contributed by atoms with E-state index < -0.39 is 0 Å². The molecule has 1 amide bonds. The number of hydrogen-bond acceptors (Lipinski definition) is 6. The molecule has 0 saturated carbocycles. The molecule has 2 fully saturated rings. The van der Waals surface area contributed by atoms with Crippen molar-refractivity contribution in [3.63, 3.8) is 0 Å². The molecule has 7 heteroatoms. The Labute approximate surface area is 150 Å². The lowest BCUT2D eigenvalue weighted by atomic mass is 9.97. The second kappa shape index (κ2) is 7.43. The van der Waals surface area contributed by atoms with Gasteiger partial charge < -0.3 is 10.1 Å². The first-order chi connectivity index (χ1) is 12.3. The van der Waals surface area contributed by atoms with Crippen molar-refractivity contribution in [3.05, 3.63) is 59.9 Å². The van der Waals surface area contributed by atoms with E-state index in [9.17, 15) is 4.79 Å². The molecule has 4 rings (SSSR count). The van der Waals surface area contributed by atoms with Crippen molar-refractivity contribution in [2.75, 3.05) is 12.3 Å². The van der Waals surface area contributed by atoms with E-state index in [0.29, 0.717) is 18.3 Å². The summed E-state index contributed by atoms with van der Waals surface area (Å²) in [7, 11) is 0. The smallest absolute Gasteiger partial charge is 0.231 e. The summed E-state index contributed by atoms with van der Waals surface area (Å²) in [5.74, 6) is 1.70. The maximum atomic E-state index is 11.9.